The summed E-state index contributed by atoms with van der Waals surface area (Å²) in [5.74, 6) is 0. The summed E-state index contributed by atoms with van der Waals surface area (Å²) in [7, 11) is 0. The molecule has 2 nitrogen and oxygen atoms in total. The van der Waals surface area contributed by atoms with Crippen LogP contribution in [0.1, 0.15) is 39.0 Å². The van der Waals surface area contributed by atoms with E-state index in [0.29, 0.717) is 0 Å². The van der Waals surface area contributed by atoms with Crippen molar-refractivity contribution in [2.45, 2.75) is 39.0 Å². The van der Waals surface area contributed by atoms with Crippen LogP contribution in [0.5, 0.6) is 0 Å². The molecule has 0 aliphatic rings. The Labute approximate surface area is 69.9 Å². The molecule has 0 unspecified atom stereocenters. The minimum absolute atomic E-state index is 0.721. The number of nitrogens with two attached hydrogens (primary N) is 1. The minimum Gasteiger partial charge on any atom is -0.330 e. The fourth-order valence-electron chi connectivity index (χ4n) is 0.887. The van der Waals surface area contributed by atoms with E-state index in [1.807, 2.05) is 6.21 Å². The molecule has 0 bridgehead atoms. The molecular weight excluding hydrogens is 136 g/mol. The Bertz CT molecular complexity index is 89.6. The standard InChI is InChI=1S/C9H20N2/c1-2-3-4-5-8-11-9-6-7-10/h9H,2-8,10H2,1H3. The first-order valence-corrected chi connectivity index (χ1v) is 4.60. The van der Waals surface area contributed by atoms with Crippen LogP contribution in [-0.2, 0) is 0 Å². The van der Waals surface area contributed by atoms with Gasteiger partial charge in [-0.05, 0) is 25.6 Å². The largest absolute Gasteiger partial charge is 0.330 e. The number of hydrogen-bond acceptors (Lipinski definition) is 2. The highest BCUT2D eigenvalue weighted by molar-refractivity contribution is 5.57. The van der Waals surface area contributed by atoms with Crippen LogP contribution in [-0.4, -0.2) is 19.3 Å². The van der Waals surface area contributed by atoms with Gasteiger partial charge in [0.1, 0.15) is 0 Å². The van der Waals surface area contributed by atoms with Crippen molar-refractivity contribution in [3.05, 3.63) is 0 Å². The molecule has 0 radical (unpaired) electrons. The molecule has 0 rings (SSSR count). The number of rotatable bonds is 7. The first kappa shape index (κ1) is 10.6. The van der Waals surface area contributed by atoms with Gasteiger partial charge in [0.05, 0.1) is 0 Å². The Kier molecular flexibility index (Phi) is 9.31. The molecule has 11 heavy (non-hydrogen) atoms. The molecule has 0 heterocycles. The molecule has 0 saturated carbocycles. The van der Waals surface area contributed by atoms with Crippen molar-refractivity contribution in [2.75, 3.05) is 13.1 Å². The predicted molar refractivity (Wildman–Crippen MR) is 51.2 cm³/mol. The van der Waals surface area contributed by atoms with Gasteiger partial charge in [0.15, 0.2) is 0 Å². The Hall–Kier alpha value is -0.370. The number of unbranched alkanes of at least 4 members (excludes halogenated alkanes) is 3. The molecule has 0 atom stereocenters. The maximum absolute atomic E-state index is 5.30. The molecular formula is C9H20N2. The third-order valence-electron chi connectivity index (χ3n) is 1.57. The molecule has 0 spiro atoms. The molecule has 0 aromatic rings. The summed E-state index contributed by atoms with van der Waals surface area (Å²) in [6.07, 6.45) is 8.05. The second-order valence-corrected chi connectivity index (χ2v) is 2.73. The zero-order chi connectivity index (χ0) is 8.36. The molecule has 66 valence electrons. The van der Waals surface area contributed by atoms with Gasteiger partial charge >= 0.3 is 0 Å². The summed E-state index contributed by atoms with van der Waals surface area (Å²) in [5.41, 5.74) is 5.30. The monoisotopic (exact) mass is 156 g/mol. The quantitative estimate of drug-likeness (QED) is 0.444. The van der Waals surface area contributed by atoms with E-state index in [1.165, 1.54) is 25.7 Å². The second kappa shape index (κ2) is 9.63. The third kappa shape index (κ3) is 9.63. The van der Waals surface area contributed by atoms with Crippen LogP contribution >= 0.6 is 0 Å². The summed E-state index contributed by atoms with van der Waals surface area (Å²) in [6, 6.07) is 0. The highest BCUT2D eigenvalue weighted by Gasteiger charge is 1.83. The van der Waals surface area contributed by atoms with Gasteiger partial charge < -0.3 is 5.73 Å². The van der Waals surface area contributed by atoms with Crippen molar-refractivity contribution in [3.63, 3.8) is 0 Å². The SMILES string of the molecule is CCCCCCN=CCCN. The van der Waals surface area contributed by atoms with Gasteiger partial charge in [-0.15, -0.1) is 0 Å². The van der Waals surface area contributed by atoms with Gasteiger partial charge in [0.2, 0.25) is 0 Å². The van der Waals surface area contributed by atoms with Crippen molar-refractivity contribution < 1.29 is 0 Å². The molecule has 0 aliphatic carbocycles. The average Bonchev–Trinajstić information content (AvgIpc) is 2.03. The van der Waals surface area contributed by atoms with E-state index in [0.717, 1.165) is 19.5 Å². The average molecular weight is 156 g/mol. The van der Waals surface area contributed by atoms with E-state index in [2.05, 4.69) is 11.9 Å². The van der Waals surface area contributed by atoms with Gasteiger partial charge in [0.25, 0.3) is 0 Å². The van der Waals surface area contributed by atoms with E-state index in [4.69, 9.17) is 5.73 Å². The van der Waals surface area contributed by atoms with Crippen molar-refractivity contribution in [2.24, 2.45) is 10.7 Å². The number of aliphatic imine (C=N–C) groups is 1. The van der Waals surface area contributed by atoms with E-state index in [9.17, 15) is 0 Å². The fourth-order valence-corrected chi connectivity index (χ4v) is 0.887. The minimum atomic E-state index is 0.721. The smallest absolute Gasteiger partial charge is 0.0385 e. The molecule has 0 aromatic carbocycles. The second-order valence-electron chi connectivity index (χ2n) is 2.73. The van der Waals surface area contributed by atoms with Crippen molar-refractivity contribution >= 4 is 6.21 Å². The van der Waals surface area contributed by atoms with Crippen molar-refractivity contribution in [1.29, 1.82) is 0 Å². The molecule has 0 aliphatic heterocycles. The van der Waals surface area contributed by atoms with Gasteiger partial charge in [-0.3, -0.25) is 4.99 Å². The topological polar surface area (TPSA) is 38.4 Å². The zero-order valence-corrected chi connectivity index (χ0v) is 7.55. The van der Waals surface area contributed by atoms with E-state index >= 15 is 0 Å². The summed E-state index contributed by atoms with van der Waals surface area (Å²) >= 11 is 0. The highest BCUT2D eigenvalue weighted by Crippen LogP contribution is 1.97. The van der Waals surface area contributed by atoms with Gasteiger partial charge in [-0.1, -0.05) is 26.2 Å². The molecule has 0 amide bonds. The van der Waals surface area contributed by atoms with Gasteiger partial charge in [0, 0.05) is 6.54 Å². The Balaban J connectivity index is 2.89. The summed E-state index contributed by atoms with van der Waals surface area (Å²) in [5, 5.41) is 0. The Morgan fingerprint density at radius 2 is 2.09 bits per heavy atom. The van der Waals surface area contributed by atoms with Crippen molar-refractivity contribution in [3.8, 4) is 0 Å². The Morgan fingerprint density at radius 1 is 1.27 bits per heavy atom. The molecule has 0 fully saturated rings. The maximum atomic E-state index is 5.30. The molecule has 0 saturated heterocycles. The van der Waals surface area contributed by atoms with E-state index in [-0.39, 0.29) is 0 Å². The highest BCUT2D eigenvalue weighted by atomic mass is 14.7. The van der Waals surface area contributed by atoms with Crippen LogP contribution in [0.4, 0.5) is 0 Å². The lowest BCUT2D eigenvalue weighted by Gasteiger charge is -1.93. The first-order chi connectivity index (χ1) is 5.41. The third-order valence-corrected chi connectivity index (χ3v) is 1.57. The Morgan fingerprint density at radius 3 is 2.73 bits per heavy atom. The first-order valence-electron chi connectivity index (χ1n) is 4.60. The predicted octanol–water partition coefficient (Wildman–Crippen LogP) is 1.99. The summed E-state index contributed by atoms with van der Waals surface area (Å²) in [4.78, 5) is 4.23. The lowest BCUT2D eigenvalue weighted by molar-refractivity contribution is 0.675. The van der Waals surface area contributed by atoms with Gasteiger partial charge in [-0.25, -0.2) is 0 Å². The maximum Gasteiger partial charge on any atom is 0.0385 e. The molecule has 0 aromatic heterocycles. The van der Waals surface area contributed by atoms with E-state index in [1.54, 1.807) is 0 Å². The lowest BCUT2D eigenvalue weighted by atomic mass is 10.2. The fraction of sp³-hybridized carbons (Fsp3) is 0.889. The number of hydrogen-bond donors (Lipinski definition) is 1. The van der Waals surface area contributed by atoms with Crippen LogP contribution < -0.4 is 5.73 Å². The van der Waals surface area contributed by atoms with Gasteiger partial charge in [-0.2, -0.15) is 0 Å². The summed E-state index contributed by atoms with van der Waals surface area (Å²) < 4.78 is 0. The van der Waals surface area contributed by atoms with Crippen LogP contribution in [0.3, 0.4) is 0 Å². The molecule has 2 heteroatoms. The van der Waals surface area contributed by atoms with Crippen LogP contribution in [0, 0.1) is 0 Å². The van der Waals surface area contributed by atoms with Crippen molar-refractivity contribution in [1.82, 2.24) is 0 Å². The van der Waals surface area contributed by atoms with Crippen LogP contribution in [0.2, 0.25) is 0 Å². The number of nitrogens with zero attached hydrogens (tertiary/aromatic N) is 1. The molecule has 2 N–H and O–H groups in total. The van der Waals surface area contributed by atoms with E-state index < -0.39 is 0 Å². The lowest BCUT2D eigenvalue weighted by Crippen LogP contribution is -1.98. The van der Waals surface area contributed by atoms with Crippen LogP contribution in [0.25, 0.3) is 0 Å². The zero-order valence-electron chi connectivity index (χ0n) is 7.55. The summed E-state index contributed by atoms with van der Waals surface area (Å²) in [6.45, 7) is 3.93. The normalized spacial score (nSPS) is 11.1. The van der Waals surface area contributed by atoms with Crippen LogP contribution in [0.15, 0.2) is 4.99 Å².